The van der Waals surface area contributed by atoms with Gasteiger partial charge in [0.2, 0.25) is 10.0 Å². The van der Waals surface area contributed by atoms with Gasteiger partial charge in [0.15, 0.2) is 0 Å². The van der Waals surface area contributed by atoms with E-state index in [1.54, 1.807) is 0 Å². The summed E-state index contributed by atoms with van der Waals surface area (Å²) >= 11 is 5.48. The van der Waals surface area contributed by atoms with Gasteiger partial charge in [-0.1, -0.05) is 11.6 Å². The zero-order valence-electron chi connectivity index (χ0n) is 11.3. The Hall–Kier alpha value is -0.540. The number of piperidine rings is 1. The normalized spacial score (nSPS) is 19.5. The number of sulfonamides is 1. The van der Waals surface area contributed by atoms with E-state index >= 15 is 0 Å². The van der Waals surface area contributed by atoms with Crippen molar-refractivity contribution in [2.75, 3.05) is 13.1 Å². The molecule has 1 aromatic rings. The van der Waals surface area contributed by atoms with Crippen LogP contribution in [0.25, 0.3) is 0 Å². The first-order chi connectivity index (χ1) is 9.70. The molecule has 0 radical (unpaired) electrons. The molecule has 0 saturated carbocycles. The number of hydrogen-bond acceptors (Lipinski definition) is 3. The lowest BCUT2D eigenvalue weighted by atomic mass is 10.1. The van der Waals surface area contributed by atoms with Crippen LogP contribution in [-0.4, -0.2) is 27.5 Å². The maximum atomic E-state index is 12.8. The minimum atomic E-state index is -4.70. The Morgan fingerprint density at radius 2 is 2.00 bits per heavy atom. The van der Waals surface area contributed by atoms with Crippen LogP contribution in [0.5, 0.6) is 0 Å². The lowest BCUT2D eigenvalue weighted by Crippen LogP contribution is -2.45. The fraction of sp³-hybridized carbons (Fsp3) is 0.500. The Morgan fingerprint density at radius 1 is 1.32 bits per heavy atom. The van der Waals surface area contributed by atoms with Crippen LogP contribution >= 0.6 is 24.0 Å². The van der Waals surface area contributed by atoms with E-state index in [0.717, 1.165) is 25.1 Å². The summed E-state index contributed by atoms with van der Waals surface area (Å²) in [5, 5.41) is 2.50. The Labute approximate surface area is 137 Å². The highest BCUT2D eigenvalue weighted by atomic mass is 35.5. The molecule has 0 spiro atoms. The number of hydrogen-bond donors (Lipinski definition) is 2. The highest BCUT2D eigenvalue weighted by molar-refractivity contribution is 7.89. The molecule has 0 bridgehead atoms. The summed E-state index contributed by atoms with van der Waals surface area (Å²) in [4.78, 5) is -0.440. The molecular weight excluding hydrogens is 364 g/mol. The van der Waals surface area contributed by atoms with Crippen molar-refractivity contribution >= 4 is 34.0 Å². The van der Waals surface area contributed by atoms with Gasteiger partial charge >= 0.3 is 6.18 Å². The molecule has 1 aromatic carbocycles. The van der Waals surface area contributed by atoms with E-state index in [1.165, 1.54) is 0 Å². The molecule has 1 atom stereocenters. The van der Waals surface area contributed by atoms with Gasteiger partial charge in [-0.25, -0.2) is 13.1 Å². The topological polar surface area (TPSA) is 58.2 Å². The molecule has 4 nitrogen and oxygen atoms in total. The van der Waals surface area contributed by atoms with Gasteiger partial charge in [0.1, 0.15) is 0 Å². The molecule has 0 amide bonds. The van der Waals surface area contributed by atoms with Crippen LogP contribution in [0.15, 0.2) is 23.1 Å². The monoisotopic (exact) mass is 378 g/mol. The minimum Gasteiger partial charge on any atom is -0.315 e. The molecule has 0 aromatic heterocycles. The van der Waals surface area contributed by atoms with Crippen molar-refractivity contribution in [3.05, 3.63) is 28.8 Å². The van der Waals surface area contributed by atoms with Crippen LogP contribution in [0, 0.1) is 0 Å². The van der Waals surface area contributed by atoms with Gasteiger partial charge in [-0.2, -0.15) is 13.2 Å². The van der Waals surface area contributed by atoms with Crippen LogP contribution < -0.4 is 10.0 Å². The van der Waals surface area contributed by atoms with E-state index in [9.17, 15) is 21.6 Å². The zero-order chi connectivity index (χ0) is 15.7. The number of nitrogens with one attached hydrogen (secondary N) is 2. The molecule has 1 unspecified atom stereocenters. The second-order valence-electron chi connectivity index (χ2n) is 4.80. The fourth-order valence-corrected chi connectivity index (χ4v) is 3.65. The number of benzene rings is 1. The van der Waals surface area contributed by atoms with Crippen molar-refractivity contribution in [1.29, 1.82) is 0 Å². The molecule has 1 aliphatic rings. The first-order valence-electron chi connectivity index (χ1n) is 6.30. The van der Waals surface area contributed by atoms with Crippen LogP contribution in [0.1, 0.15) is 18.4 Å². The van der Waals surface area contributed by atoms with Crippen molar-refractivity contribution in [2.24, 2.45) is 0 Å². The van der Waals surface area contributed by atoms with Crippen LogP contribution in [0.4, 0.5) is 13.2 Å². The van der Waals surface area contributed by atoms with Crippen molar-refractivity contribution in [3.63, 3.8) is 0 Å². The summed E-state index contributed by atoms with van der Waals surface area (Å²) in [5.41, 5.74) is -1.16. The Balaban J connectivity index is 0.00000242. The predicted octanol–water partition coefficient (Wildman–Crippen LogP) is 2.81. The van der Waals surface area contributed by atoms with Crippen molar-refractivity contribution < 1.29 is 21.6 Å². The number of alkyl halides is 3. The molecule has 1 heterocycles. The second kappa shape index (κ2) is 7.35. The van der Waals surface area contributed by atoms with Crippen molar-refractivity contribution in [2.45, 2.75) is 30.0 Å². The van der Waals surface area contributed by atoms with Gasteiger partial charge < -0.3 is 5.32 Å². The molecule has 2 rings (SSSR count). The maximum absolute atomic E-state index is 12.8. The molecule has 1 saturated heterocycles. The second-order valence-corrected chi connectivity index (χ2v) is 6.93. The maximum Gasteiger partial charge on any atom is 0.417 e. The summed E-state index contributed by atoms with van der Waals surface area (Å²) in [7, 11) is -4.01. The van der Waals surface area contributed by atoms with E-state index < -0.39 is 31.7 Å². The Bertz CT molecular complexity index is 617. The largest absolute Gasteiger partial charge is 0.417 e. The molecular formula is C12H15Cl2F3N2O2S. The fourth-order valence-electron chi connectivity index (χ4n) is 2.13. The molecule has 126 valence electrons. The van der Waals surface area contributed by atoms with Crippen molar-refractivity contribution in [3.8, 4) is 0 Å². The van der Waals surface area contributed by atoms with Gasteiger partial charge in [0.05, 0.1) is 15.5 Å². The van der Waals surface area contributed by atoms with E-state index in [1.807, 2.05) is 0 Å². The summed E-state index contributed by atoms with van der Waals surface area (Å²) in [6, 6.07) is 2.24. The summed E-state index contributed by atoms with van der Waals surface area (Å²) in [5.74, 6) is 0. The third kappa shape index (κ3) is 4.73. The lowest BCUT2D eigenvalue weighted by Gasteiger charge is -2.23. The number of rotatable bonds is 3. The van der Waals surface area contributed by atoms with Crippen LogP contribution in [0.3, 0.4) is 0 Å². The Kier molecular flexibility index (Phi) is 6.52. The van der Waals surface area contributed by atoms with Crippen LogP contribution in [0.2, 0.25) is 5.02 Å². The van der Waals surface area contributed by atoms with Crippen molar-refractivity contribution in [1.82, 2.24) is 10.0 Å². The van der Waals surface area contributed by atoms with E-state index in [2.05, 4.69) is 10.0 Å². The van der Waals surface area contributed by atoms with E-state index in [4.69, 9.17) is 11.6 Å². The smallest absolute Gasteiger partial charge is 0.315 e. The zero-order valence-corrected chi connectivity index (χ0v) is 13.7. The van der Waals surface area contributed by atoms with Gasteiger partial charge in [0.25, 0.3) is 0 Å². The molecule has 0 aliphatic carbocycles. The molecule has 2 N–H and O–H groups in total. The average molecular weight is 379 g/mol. The third-order valence-corrected chi connectivity index (χ3v) is 5.02. The molecule has 22 heavy (non-hydrogen) atoms. The highest BCUT2D eigenvalue weighted by Crippen LogP contribution is 2.35. The predicted molar refractivity (Wildman–Crippen MR) is 79.9 cm³/mol. The van der Waals surface area contributed by atoms with Gasteiger partial charge in [-0.15, -0.1) is 12.4 Å². The third-order valence-electron chi connectivity index (χ3n) is 3.17. The minimum absolute atomic E-state index is 0. The Morgan fingerprint density at radius 3 is 2.55 bits per heavy atom. The first kappa shape index (κ1) is 19.5. The highest BCUT2D eigenvalue weighted by Gasteiger charge is 2.34. The molecule has 10 heteroatoms. The van der Waals surface area contributed by atoms with Gasteiger partial charge in [0, 0.05) is 12.6 Å². The van der Waals surface area contributed by atoms with E-state index in [-0.39, 0.29) is 18.4 Å². The molecule has 1 aliphatic heterocycles. The van der Waals surface area contributed by atoms with Gasteiger partial charge in [-0.05, 0) is 37.6 Å². The lowest BCUT2D eigenvalue weighted by molar-refractivity contribution is -0.137. The SMILES string of the molecule is Cl.O=S(=O)(NC1CCCNC1)c1ccc(Cl)c(C(F)(F)F)c1. The standard InChI is InChI=1S/C12H14ClF3N2O2S.ClH/c13-11-4-3-9(6-10(11)12(14,15)16)21(19,20)18-8-2-1-5-17-7-8;/h3-4,6,8,17-18H,1-2,5,7H2;1H. The summed E-state index contributed by atoms with van der Waals surface area (Å²) in [6.45, 7) is 1.26. The molecule has 1 fully saturated rings. The van der Waals surface area contributed by atoms with E-state index in [0.29, 0.717) is 19.0 Å². The van der Waals surface area contributed by atoms with Gasteiger partial charge in [-0.3, -0.25) is 0 Å². The summed E-state index contributed by atoms with van der Waals surface area (Å²) in [6.07, 6.45) is -3.25. The average Bonchev–Trinajstić information content (AvgIpc) is 2.38. The number of halogens is 5. The quantitative estimate of drug-likeness (QED) is 0.849. The summed E-state index contributed by atoms with van der Waals surface area (Å²) < 4.78 is 65.0. The first-order valence-corrected chi connectivity index (χ1v) is 8.16. The van der Waals surface area contributed by atoms with Crippen LogP contribution in [-0.2, 0) is 16.2 Å².